The van der Waals surface area contributed by atoms with Gasteiger partial charge in [0, 0.05) is 11.3 Å². The van der Waals surface area contributed by atoms with Crippen molar-refractivity contribution in [2.75, 3.05) is 5.32 Å². The zero-order valence-corrected chi connectivity index (χ0v) is 18.9. The SMILES string of the molecule is Cc1ccc(-c2nc(C(=O)Nc3ccc(Oc4ccccc4)cc3)nn2-c2ccc(F)cc2)cc1. The lowest BCUT2D eigenvalue weighted by atomic mass is 10.1. The van der Waals surface area contributed by atoms with E-state index in [4.69, 9.17) is 4.74 Å². The molecule has 5 aromatic rings. The molecule has 1 amide bonds. The van der Waals surface area contributed by atoms with E-state index in [-0.39, 0.29) is 11.6 Å². The standard InChI is InChI=1S/C28H21FN4O2/c1-19-7-9-20(10-8-19)27-31-26(32-33(27)23-15-11-21(29)12-16-23)28(34)30-22-13-17-25(18-14-22)35-24-5-3-2-4-6-24/h2-18H,1H3,(H,30,34). The van der Waals surface area contributed by atoms with Crippen molar-refractivity contribution in [2.45, 2.75) is 6.92 Å². The molecule has 6 nitrogen and oxygen atoms in total. The predicted molar refractivity (Wildman–Crippen MR) is 132 cm³/mol. The summed E-state index contributed by atoms with van der Waals surface area (Å²) < 4.78 is 20.8. The van der Waals surface area contributed by atoms with E-state index in [1.165, 1.54) is 16.8 Å². The molecule has 5 rings (SSSR count). The first-order valence-corrected chi connectivity index (χ1v) is 11.0. The van der Waals surface area contributed by atoms with E-state index in [9.17, 15) is 9.18 Å². The largest absolute Gasteiger partial charge is 0.457 e. The van der Waals surface area contributed by atoms with E-state index in [0.29, 0.717) is 22.9 Å². The number of anilines is 1. The topological polar surface area (TPSA) is 69.0 Å². The lowest BCUT2D eigenvalue weighted by Gasteiger charge is -2.07. The molecule has 0 aliphatic carbocycles. The molecule has 0 unspecified atom stereocenters. The third-order valence-electron chi connectivity index (χ3n) is 5.28. The molecule has 0 bridgehead atoms. The molecule has 172 valence electrons. The van der Waals surface area contributed by atoms with Crippen molar-refractivity contribution >= 4 is 11.6 Å². The number of nitrogens with one attached hydrogen (secondary N) is 1. The fraction of sp³-hybridized carbons (Fsp3) is 0.0357. The Balaban J connectivity index is 1.40. The van der Waals surface area contributed by atoms with E-state index >= 15 is 0 Å². The summed E-state index contributed by atoms with van der Waals surface area (Å²) in [6.45, 7) is 1.99. The van der Waals surface area contributed by atoms with Gasteiger partial charge in [0.1, 0.15) is 17.3 Å². The van der Waals surface area contributed by atoms with Crippen LogP contribution in [-0.2, 0) is 0 Å². The summed E-state index contributed by atoms with van der Waals surface area (Å²) in [5.74, 6) is 1.03. The molecule has 0 spiro atoms. The van der Waals surface area contributed by atoms with E-state index in [1.54, 1.807) is 36.4 Å². The molecule has 1 heterocycles. The normalized spacial score (nSPS) is 10.7. The second-order valence-corrected chi connectivity index (χ2v) is 7.91. The van der Waals surface area contributed by atoms with Crippen molar-refractivity contribution in [1.82, 2.24) is 14.8 Å². The monoisotopic (exact) mass is 464 g/mol. The molecular weight excluding hydrogens is 443 g/mol. The Bertz CT molecular complexity index is 1380. The fourth-order valence-electron chi connectivity index (χ4n) is 3.48. The van der Waals surface area contributed by atoms with Gasteiger partial charge in [-0.15, -0.1) is 5.10 Å². The fourth-order valence-corrected chi connectivity index (χ4v) is 3.48. The van der Waals surface area contributed by atoms with Crippen molar-refractivity contribution in [3.8, 4) is 28.6 Å². The molecular formula is C28H21FN4O2. The first kappa shape index (κ1) is 22.0. The second kappa shape index (κ2) is 9.61. The molecule has 7 heteroatoms. The van der Waals surface area contributed by atoms with Gasteiger partial charge < -0.3 is 10.1 Å². The van der Waals surface area contributed by atoms with Gasteiger partial charge in [-0.3, -0.25) is 4.79 Å². The van der Waals surface area contributed by atoms with Crippen LogP contribution in [0.1, 0.15) is 16.2 Å². The van der Waals surface area contributed by atoms with Gasteiger partial charge >= 0.3 is 0 Å². The third kappa shape index (κ3) is 5.09. The number of carbonyl (C=O) groups is 1. The van der Waals surface area contributed by atoms with Crippen LogP contribution in [-0.4, -0.2) is 20.7 Å². The zero-order valence-electron chi connectivity index (χ0n) is 18.9. The molecule has 0 saturated heterocycles. The lowest BCUT2D eigenvalue weighted by Crippen LogP contribution is -2.14. The number of hydrogen-bond acceptors (Lipinski definition) is 4. The predicted octanol–water partition coefficient (Wildman–Crippen LogP) is 6.43. The maximum absolute atomic E-state index is 13.5. The van der Waals surface area contributed by atoms with E-state index in [2.05, 4.69) is 15.4 Å². The average molecular weight is 465 g/mol. The van der Waals surface area contributed by atoms with Crippen LogP contribution in [0.5, 0.6) is 11.5 Å². The highest BCUT2D eigenvalue weighted by Gasteiger charge is 2.19. The van der Waals surface area contributed by atoms with Crippen LogP contribution in [0.2, 0.25) is 0 Å². The number of benzene rings is 4. The minimum atomic E-state index is -0.462. The lowest BCUT2D eigenvalue weighted by molar-refractivity contribution is 0.101. The number of para-hydroxylation sites is 1. The van der Waals surface area contributed by atoms with Gasteiger partial charge in [-0.1, -0.05) is 48.0 Å². The summed E-state index contributed by atoms with van der Waals surface area (Å²) in [4.78, 5) is 17.5. The molecule has 1 aromatic heterocycles. The van der Waals surface area contributed by atoms with Gasteiger partial charge in [0.25, 0.3) is 5.91 Å². The summed E-state index contributed by atoms with van der Waals surface area (Å²) in [6.07, 6.45) is 0. The Morgan fingerprint density at radius 2 is 1.49 bits per heavy atom. The average Bonchev–Trinajstić information content (AvgIpc) is 3.32. The number of carbonyl (C=O) groups excluding carboxylic acids is 1. The molecule has 0 atom stereocenters. The number of amides is 1. The number of hydrogen-bond donors (Lipinski definition) is 1. The quantitative estimate of drug-likeness (QED) is 0.315. The summed E-state index contributed by atoms with van der Waals surface area (Å²) in [5.41, 5.74) is 3.05. The molecule has 0 aliphatic heterocycles. The number of ether oxygens (including phenoxy) is 1. The maximum atomic E-state index is 13.5. The van der Waals surface area contributed by atoms with E-state index < -0.39 is 5.91 Å². The number of halogens is 1. The van der Waals surface area contributed by atoms with Crippen molar-refractivity contribution < 1.29 is 13.9 Å². The van der Waals surface area contributed by atoms with Gasteiger partial charge in [-0.2, -0.15) is 0 Å². The Morgan fingerprint density at radius 3 is 2.17 bits per heavy atom. The molecule has 0 aliphatic rings. The summed E-state index contributed by atoms with van der Waals surface area (Å²) in [5, 5.41) is 7.24. The third-order valence-corrected chi connectivity index (χ3v) is 5.28. The molecule has 35 heavy (non-hydrogen) atoms. The van der Waals surface area contributed by atoms with Crippen molar-refractivity contribution in [3.63, 3.8) is 0 Å². The smallest absolute Gasteiger partial charge is 0.295 e. The van der Waals surface area contributed by atoms with Crippen LogP contribution < -0.4 is 10.1 Å². The Hall–Kier alpha value is -4.78. The van der Waals surface area contributed by atoms with Gasteiger partial charge in [0.05, 0.1) is 5.69 Å². The van der Waals surface area contributed by atoms with Crippen molar-refractivity contribution in [2.24, 2.45) is 0 Å². The van der Waals surface area contributed by atoms with Gasteiger partial charge in [-0.25, -0.2) is 14.1 Å². The minimum absolute atomic E-state index is 0.00508. The number of aryl methyl sites for hydroxylation is 1. The Labute approximate surface area is 201 Å². The molecule has 1 N–H and O–H groups in total. The van der Waals surface area contributed by atoms with Crippen LogP contribution in [0.4, 0.5) is 10.1 Å². The van der Waals surface area contributed by atoms with Gasteiger partial charge in [0.2, 0.25) is 5.82 Å². The first-order chi connectivity index (χ1) is 17.0. The summed E-state index contributed by atoms with van der Waals surface area (Å²) >= 11 is 0. The maximum Gasteiger partial charge on any atom is 0.295 e. The highest BCUT2D eigenvalue weighted by atomic mass is 19.1. The number of aromatic nitrogens is 3. The molecule has 0 radical (unpaired) electrons. The van der Waals surface area contributed by atoms with E-state index in [1.807, 2.05) is 61.5 Å². The van der Waals surface area contributed by atoms with Crippen LogP contribution in [0, 0.1) is 12.7 Å². The molecule has 0 fully saturated rings. The first-order valence-electron chi connectivity index (χ1n) is 11.0. The van der Waals surface area contributed by atoms with Gasteiger partial charge in [0.15, 0.2) is 5.82 Å². The summed E-state index contributed by atoms with van der Waals surface area (Å²) in [7, 11) is 0. The van der Waals surface area contributed by atoms with Crippen LogP contribution in [0.25, 0.3) is 17.1 Å². The Morgan fingerprint density at radius 1 is 0.829 bits per heavy atom. The summed E-state index contributed by atoms with van der Waals surface area (Å²) in [6, 6.07) is 30.1. The number of rotatable bonds is 6. The highest BCUT2D eigenvalue weighted by molar-refractivity contribution is 6.01. The van der Waals surface area contributed by atoms with Crippen molar-refractivity contribution in [3.05, 3.63) is 120 Å². The van der Waals surface area contributed by atoms with E-state index in [0.717, 1.165) is 16.9 Å². The van der Waals surface area contributed by atoms with Crippen LogP contribution in [0.15, 0.2) is 103 Å². The van der Waals surface area contributed by atoms with Crippen molar-refractivity contribution in [1.29, 1.82) is 0 Å². The minimum Gasteiger partial charge on any atom is -0.457 e. The van der Waals surface area contributed by atoms with Gasteiger partial charge in [-0.05, 0) is 67.6 Å². The van der Waals surface area contributed by atoms with Crippen LogP contribution in [0.3, 0.4) is 0 Å². The highest BCUT2D eigenvalue weighted by Crippen LogP contribution is 2.24. The number of nitrogens with zero attached hydrogens (tertiary/aromatic N) is 3. The molecule has 4 aromatic carbocycles. The second-order valence-electron chi connectivity index (χ2n) is 7.91. The zero-order chi connectivity index (χ0) is 24.2. The van der Waals surface area contributed by atoms with Crippen LogP contribution >= 0.6 is 0 Å². The Kier molecular flexibility index (Phi) is 6.05. The molecule has 0 saturated carbocycles.